The van der Waals surface area contributed by atoms with Crippen LogP contribution in [0.4, 0.5) is 0 Å². The van der Waals surface area contributed by atoms with Crippen LogP contribution in [0.25, 0.3) is 66.1 Å². The molecular formula is C38H20N6. The second kappa shape index (κ2) is 9.71. The molecule has 0 unspecified atom stereocenters. The molecule has 3 heterocycles. The van der Waals surface area contributed by atoms with Crippen molar-refractivity contribution in [2.45, 2.75) is 0 Å². The van der Waals surface area contributed by atoms with Crippen LogP contribution in [0.15, 0.2) is 122 Å². The minimum absolute atomic E-state index is 0.577. The lowest BCUT2D eigenvalue weighted by Crippen LogP contribution is -2.05. The standard InChI is InChI=1S/C38H20N6/c39-19-24-9-13-27(14-10-24)38-36(43-32-7-3-1-5-28(32)30-17-25(20-40)11-15-34(30)43)22-42-23-37(38)44-33-8-4-2-6-29(33)31-18-26(21-41)12-16-35(31)44/h1-18,22-23H. The third kappa shape index (κ3) is 3.61. The summed E-state index contributed by atoms with van der Waals surface area (Å²) in [6.45, 7) is 0. The summed E-state index contributed by atoms with van der Waals surface area (Å²) in [7, 11) is 0. The molecule has 0 aliphatic heterocycles. The van der Waals surface area contributed by atoms with E-state index in [2.05, 4.69) is 51.6 Å². The highest BCUT2D eigenvalue weighted by Crippen LogP contribution is 2.41. The Morgan fingerprint density at radius 1 is 0.455 bits per heavy atom. The van der Waals surface area contributed by atoms with E-state index < -0.39 is 0 Å². The van der Waals surface area contributed by atoms with E-state index in [0.29, 0.717) is 16.7 Å². The Morgan fingerprint density at radius 3 is 1.36 bits per heavy atom. The van der Waals surface area contributed by atoms with E-state index in [1.54, 1.807) is 0 Å². The van der Waals surface area contributed by atoms with Crippen molar-refractivity contribution in [1.82, 2.24) is 14.1 Å². The minimum atomic E-state index is 0.577. The van der Waals surface area contributed by atoms with Gasteiger partial charge in [0, 0.05) is 27.1 Å². The van der Waals surface area contributed by atoms with Crippen molar-refractivity contribution < 1.29 is 0 Å². The van der Waals surface area contributed by atoms with Gasteiger partial charge in [0.2, 0.25) is 0 Å². The number of rotatable bonds is 3. The highest BCUT2D eigenvalue weighted by Gasteiger charge is 2.22. The highest BCUT2D eigenvalue weighted by molar-refractivity contribution is 6.12. The summed E-state index contributed by atoms with van der Waals surface area (Å²) < 4.78 is 4.41. The fourth-order valence-corrected chi connectivity index (χ4v) is 6.39. The monoisotopic (exact) mass is 560 g/mol. The number of nitriles is 3. The molecule has 44 heavy (non-hydrogen) atoms. The number of hydrogen-bond donors (Lipinski definition) is 0. The van der Waals surface area contributed by atoms with Gasteiger partial charge in [0.25, 0.3) is 0 Å². The minimum Gasteiger partial charge on any atom is -0.307 e. The second-order valence-electron chi connectivity index (χ2n) is 10.6. The quantitative estimate of drug-likeness (QED) is 0.216. The van der Waals surface area contributed by atoms with Gasteiger partial charge in [0.05, 0.1) is 80.7 Å². The molecule has 0 bridgehead atoms. The fraction of sp³-hybridized carbons (Fsp3) is 0. The zero-order valence-electron chi connectivity index (χ0n) is 23.2. The van der Waals surface area contributed by atoms with Crippen LogP contribution in [0.2, 0.25) is 0 Å². The Balaban J connectivity index is 1.54. The summed E-state index contributed by atoms with van der Waals surface area (Å²) in [5.41, 5.74) is 9.26. The molecule has 0 fully saturated rings. The van der Waals surface area contributed by atoms with E-state index in [-0.39, 0.29) is 0 Å². The Labute approximate surface area is 252 Å². The van der Waals surface area contributed by atoms with Crippen molar-refractivity contribution in [1.29, 1.82) is 15.8 Å². The Kier molecular flexibility index (Phi) is 5.53. The van der Waals surface area contributed by atoms with Gasteiger partial charge in [-0.1, -0.05) is 48.5 Å². The predicted molar refractivity (Wildman–Crippen MR) is 172 cm³/mol. The average Bonchev–Trinajstić information content (AvgIpc) is 3.60. The van der Waals surface area contributed by atoms with Crippen molar-refractivity contribution in [2.75, 3.05) is 0 Å². The molecule has 0 atom stereocenters. The first-order valence-corrected chi connectivity index (χ1v) is 14.1. The first-order valence-electron chi connectivity index (χ1n) is 14.1. The Bertz CT molecular complexity index is 2430. The average molecular weight is 561 g/mol. The molecule has 5 aromatic carbocycles. The zero-order chi connectivity index (χ0) is 29.8. The summed E-state index contributed by atoms with van der Waals surface area (Å²) in [5.74, 6) is 0. The van der Waals surface area contributed by atoms with Crippen molar-refractivity contribution >= 4 is 43.6 Å². The van der Waals surface area contributed by atoms with Gasteiger partial charge in [0.15, 0.2) is 0 Å². The number of para-hydroxylation sites is 2. The molecule has 3 aromatic heterocycles. The van der Waals surface area contributed by atoms with Crippen molar-refractivity contribution in [3.8, 4) is 40.7 Å². The lowest BCUT2D eigenvalue weighted by molar-refractivity contribution is 1.09. The van der Waals surface area contributed by atoms with Crippen LogP contribution in [0.5, 0.6) is 0 Å². The number of hydrogen-bond acceptors (Lipinski definition) is 4. The van der Waals surface area contributed by atoms with Gasteiger partial charge in [-0.15, -0.1) is 0 Å². The molecule has 0 saturated heterocycles. The number of pyridine rings is 1. The smallest absolute Gasteiger partial charge is 0.0991 e. The van der Waals surface area contributed by atoms with Gasteiger partial charge in [-0.3, -0.25) is 4.98 Å². The summed E-state index contributed by atoms with van der Waals surface area (Å²) in [6.07, 6.45) is 3.76. The highest BCUT2D eigenvalue weighted by atomic mass is 15.0. The van der Waals surface area contributed by atoms with Crippen molar-refractivity contribution in [3.63, 3.8) is 0 Å². The SMILES string of the molecule is N#Cc1ccc(-c2c(-n3c4ccccc4c4cc(C#N)ccc43)cncc2-n2c3ccccc3c3cc(C#N)ccc32)cc1. The van der Waals surface area contributed by atoms with Crippen molar-refractivity contribution in [2.24, 2.45) is 0 Å². The molecule has 6 nitrogen and oxygen atoms in total. The largest absolute Gasteiger partial charge is 0.307 e. The lowest BCUT2D eigenvalue weighted by Gasteiger charge is -2.19. The zero-order valence-corrected chi connectivity index (χ0v) is 23.2. The maximum absolute atomic E-state index is 9.67. The summed E-state index contributed by atoms with van der Waals surface area (Å²) >= 11 is 0. The van der Waals surface area contributed by atoms with Gasteiger partial charge in [-0.2, -0.15) is 15.8 Å². The molecule has 0 radical (unpaired) electrons. The normalized spacial score (nSPS) is 11.1. The van der Waals surface area contributed by atoms with Crippen LogP contribution in [0.1, 0.15) is 16.7 Å². The molecule has 6 heteroatoms. The van der Waals surface area contributed by atoms with E-state index in [4.69, 9.17) is 4.98 Å². The first-order chi connectivity index (χ1) is 21.7. The van der Waals surface area contributed by atoms with E-state index >= 15 is 0 Å². The molecule has 0 aliphatic rings. The van der Waals surface area contributed by atoms with Crippen LogP contribution in [-0.4, -0.2) is 14.1 Å². The fourth-order valence-electron chi connectivity index (χ4n) is 6.39. The summed E-state index contributed by atoms with van der Waals surface area (Å²) in [5, 5.41) is 32.9. The predicted octanol–water partition coefficient (Wildman–Crippen LogP) is 8.56. The van der Waals surface area contributed by atoms with Gasteiger partial charge >= 0.3 is 0 Å². The summed E-state index contributed by atoms with van der Waals surface area (Å²) in [6, 6.07) is 42.3. The van der Waals surface area contributed by atoms with E-state index in [9.17, 15) is 15.8 Å². The summed E-state index contributed by atoms with van der Waals surface area (Å²) in [4.78, 5) is 4.81. The molecule has 8 aromatic rings. The van der Waals surface area contributed by atoms with Crippen molar-refractivity contribution in [3.05, 3.63) is 138 Å². The number of fused-ring (bicyclic) bond motifs is 6. The molecule has 0 spiro atoms. The molecule has 0 N–H and O–H groups in total. The lowest BCUT2D eigenvalue weighted by atomic mass is 10.0. The third-order valence-electron chi connectivity index (χ3n) is 8.29. The molecule has 202 valence electrons. The molecule has 0 aliphatic carbocycles. The maximum Gasteiger partial charge on any atom is 0.0991 e. The topological polar surface area (TPSA) is 94.1 Å². The van der Waals surface area contributed by atoms with Gasteiger partial charge < -0.3 is 9.13 Å². The second-order valence-corrected chi connectivity index (χ2v) is 10.6. The molecule has 0 saturated carbocycles. The van der Waals surface area contributed by atoms with E-state index in [1.165, 1.54) is 0 Å². The molecule has 0 amide bonds. The molecule has 8 rings (SSSR count). The van der Waals surface area contributed by atoms with E-state index in [0.717, 1.165) is 66.1 Å². The van der Waals surface area contributed by atoms with Gasteiger partial charge in [-0.05, 0) is 66.2 Å². The van der Waals surface area contributed by atoms with Crippen LogP contribution in [-0.2, 0) is 0 Å². The van der Waals surface area contributed by atoms with Gasteiger partial charge in [-0.25, -0.2) is 0 Å². The third-order valence-corrected chi connectivity index (χ3v) is 8.29. The maximum atomic E-state index is 9.67. The van der Waals surface area contributed by atoms with E-state index in [1.807, 2.05) is 97.3 Å². The molecular weight excluding hydrogens is 540 g/mol. The number of aromatic nitrogens is 3. The van der Waals surface area contributed by atoms with Crippen LogP contribution < -0.4 is 0 Å². The number of benzene rings is 5. The van der Waals surface area contributed by atoms with Crippen LogP contribution >= 0.6 is 0 Å². The Hall–Kier alpha value is -6.68. The number of nitrogens with zero attached hydrogens (tertiary/aromatic N) is 6. The van der Waals surface area contributed by atoms with Crippen LogP contribution in [0, 0.1) is 34.0 Å². The Morgan fingerprint density at radius 2 is 0.886 bits per heavy atom. The first kappa shape index (κ1) is 25.1. The van der Waals surface area contributed by atoms with Crippen LogP contribution in [0.3, 0.4) is 0 Å². The van der Waals surface area contributed by atoms with Gasteiger partial charge in [0.1, 0.15) is 0 Å².